The summed E-state index contributed by atoms with van der Waals surface area (Å²) in [6, 6.07) is 4.09. The molecule has 2 heterocycles. The third-order valence-corrected chi connectivity index (χ3v) is 2.20. The van der Waals surface area contributed by atoms with Gasteiger partial charge in [-0.05, 0) is 12.1 Å². The van der Waals surface area contributed by atoms with Crippen LogP contribution in [0.25, 0.3) is 10.9 Å². The number of anilines is 2. The van der Waals surface area contributed by atoms with Gasteiger partial charge in [-0.15, -0.1) is 0 Å². The summed E-state index contributed by atoms with van der Waals surface area (Å²) >= 11 is 0. The van der Waals surface area contributed by atoms with Crippen LogP contribution in [0.15, 0.2) is 24.7 Å². The highest BCUT2D eigenvalue weighted by Crippen LogP contribution is 2.29. The lowest BCUT2D eigenvalue weighted by Gasteiger charge is -2.00. The average molecular weight is 172 g/mol. The Morgan fingerprint density at radius 1 is 1.15 bits per heavy atom. The zero-order valence-corrected chi connectivity index (χ0v) is 6.91. The second kappa shape index (κ2) is 2.32. The molecule has 2 N–H and O–H groups in total. The molecule has 0 spiro atoms. The van der Waals surface area contributed by atoms with E-state index in [0.717, 1.165) is 28.9 Å². The van der Waals surface area contributed by atoms with Crippen molar-refractivity contribution in [2.75, 3.05) is 17.3 Å². The van der Waals surface area contributed by atoms with Crippen LogP contribution in [0, 0.1) is 0 Å². The van der Waals surface area contributed by atoms with Crippen LogP contribution in [-0.2, 0) is 0 Å². The van der Waals surface area contributed by atoms with E-state index in [4.69, 9.17) is 0 Å². The van der Waals surface area contributed by atoms with Crippen molar-refractivity contribution >= 4 is 22.3 Å². The third kappa shape index (κ3) is 0.917. The van der Waals surface area contributed by atoms with Crippen LogP contribution >= 0.6 is 0 Å². The molecule has 1 aliphatic heterocycles. The molecule has 0 saturated carbocycles. The minimum Gasteiger partial charge on any atom is -0.366 e. The van der Waals surface area contributed by atoms with E-state index in [0.29, 0.717) is 0 Å². The normalized spacial score (nSPS) is 13.5. The van der Waals surface area contributed by atoms with Crippen LogP contribution in [0.1, 0.15) is 0 Å². The predicted octanol–water partition coefficient (Wildman–Crippen LogP) is 1.42. The third-order valence-electron chi connectivity index (χ3n) is 2.20. The average Bonchev–Trinajstić information content (AvgIpc) is 2.61. The van der Waals surface area contributed by atoms with Gasteiger partial charge >= 0.3 is 0 Å². The van der Waals surface area contributed by atoms with Crippen molar-refractivity contribution in [2.45, 2.75) is 0 Å². The molecule has 3 rings (SSSR count). The summed E-state index contributed by atoms with van der Waals surface area (Å²) in [5.41, 5.74) is 3.22. The lowest BCUT2D eigenvalue weighted by atomic mass is 10.2. The van der Waals surface area contributed by atoms with Crippen molar-refractivity contribution in [1.29, 1.82) is 0 Å². The second-order valence-electron chi connectivity index (χ2n) is 3.01. The number of nitrogens with zero attached hydrogens (tertiary/aromatic N) is 2. The molecule has 0 unspecified atom stereocenters. The van der Waals surface area contributed by atoms with Gasteiger partial charge in [-0.25, -0.2) is 9.97 Å². The van der Waals surface area contributed by atoms with E-state index < -0.39 is 0 Å². The van der Waals surface area contributed by atoms with Crippen LogP contribution in [0.2, 0.25) is 0 Å². The fraction of sp³-hybridized carbons (Fsp3) is 0.111. The molecule has 1 aliphatic rings. The highest BCUT2D eigenvalue weighted by Gasteiger charge is 2.09. The van der Waals surface area contributed by atoms with Crippen LogP contribution in [0.4, 0.5) is 11.4 Å². The van der Waals surface area contributed by atoms with Gasteiger partial charge in [-0.3, -0.25) is 0 Å². The topological polar surface area (TPSA) is 49.8 Å². The molecule has 0 fully saturated rings. The first-order chi connectivity index (χ1) is 6.43. The number of nitrogens with one attached hydrogen (secondary N) is 2. The van der Waals surface area contributed by atoms with E-state index in [1.54, 1.807) is 6.33 Å². The van der Waals surface area contributed by atoms with Crippen molar-refractivity contribution < 1.29 is 0 Å². The molecule has 0 atom stereocenters. The minimum absolute atomic E-state index is 0.791. The Bertz CT molecular complexity index is 424. The number of aromatic nitrogens is 2. The van der Waals surface area contributed by atoms with E-state index in [1.165, 1.54) is 0 Å². The first-order valence-electron chi connectivity index (χ1n) is 4.15. The maximum atomic E-state index is 4.18. The van der Waals surface area contributed by atoms with E-state index in [9.17, 15) is 0 Å². The summed E-state index contributed by atoms with van der Waals surface area (Å²) < 4.78 is 0. The highest BCUT2D eigenvalue weighted by atomic mass is 15.1. The molecule has 0 amide bonds. The smallest absolute Gasteiger partial charge is 0.116 e. The Balaban J connectivity index is 2.36. The quantitative estimate of drug-likeness (QED) is 0.631. The van der Waals surface area contributed by atoms with Gasteiger partial charge in [0.05, 0.1) is 23.6 Å². The highest BCUT2D eigenvalue weighted by molar-refractivity contribution is 5.90. The van der Waals surface area contributed by atoms with Gasteiger partial charge in [-0.2, -0.15) is 0 Å². The monoisotopic (exact) mass is 172 g/mol. The summed E-state index contributed by atoms with van der Waals surface area (Å²) in [5, 5.41) is 7.51. The first-order valence-corrected chi connectivity index (χ1v) is 4.15. The van der Waals surface area contributed by atoms with Crippen molar-refractivity contribution in [3.8, 4) is 0 Å². The number of fused-ring (bicyclic) bond motifs is 2. The van der Waals surface area contributed by atoms with Gasteiger partial charge in [0, 0.05) is 11.6 Å². The maximum Gasteiger partial charge on any atom is 0.116 e. The van der Waals surface area contributed by atoms with Crippen molar-refractivity contribution in [3.63, 3.8) is 0 Å². The largest absolute Gasteiger partial charge is 0.366 e. The van der Waals surface area contributed by atoms with Crippen LogP contribution in [0.5, 0.6) is 0 Å². The molecule has 4 nitrogen and oxygen atoms in total. The Kier molecular flexibility index (Phi) is 1.19. The molecule has 64 valence electrons. The standard InChI is InChI=1S/C9H8N4/c1-6-3-10-4-11-7(6)2-9-8(1)12-5-13-9/h1-4,12-13H,5H2. The predicted molar refractivity (Wildman–Crippen MR) is 51.7 cm³/mol. The molecule has 0 saturated heterocycles. The fourth-order valence-electron chi connectivity index (χ4n) is 1.56. The minimum atomic E-state index is 0.791. The second-order valence-corrected chi connectivity index (χ2v) is 3.01. The molecule has 13 heavy (non-hydrogen) atoms. The number of rotatable bonds is 0. The zero-order chi connectivity index (χ0) is 8.67. The van der Waals surface area contributed by atoms with E-state index in [2.05, 4.69) is 26.7 Å². The van der Waals surface area contributed by atoms with Crippen molar-refractivity contribution in [2.24, 2.45) is 0 Å². The Morgan fingerprint density at radius 3 is 2.92 bits per heavy atom. The van der Waals surface area contributed by atoms with Gasteiger partial charge in [0.25, 0.3) is 0 Å². The summed E-state index contributed by atoms with van der Waals surface area (Å²) in [6.07, 6.45) is 3.39. The summed E-state index contributed by atoms with van der Waals surface area (Å²) in [7, 11) is 0. The van der Waals surface area contributed by atoms with Crippen LogP contribution in [-0.4, -0.2) is 16.6 Å². The number of benzene rings is 1. The maximum absolute atomic E-state index is 4.18. The van der Waals surface area contributed by atoms with E-state index >= 15 is 0 Å². The Morgan fingerprint density at radius 2 is 2.00 bits per heavy atom. The molecule has 4 heteroatoms. The summed E-state index contributed by atoms with van der Waals surface area (Å²) in [5.74, 6) is 0. The van der Waals surface area contributed by atoms with Crippen molar-refractivity contribution in [3.05, 3.63) is 24.7 Å². The number of hydrogen-bond acceptors (Lipinski definition) is 4. The fourth-order valence-corrected chi connectivity index (χ4v) is 1.56. The Hall–Kier alpha value is -1.84. The number of hydrogen-bond donors (Lipinski definition) is 2. The summed E-state index contributed by atoms with van der Waals surface area (Å²) in [6.45, 7) is 0.791. The lowest BCUT2D eigenvalue weighted by molar-refractivity contribution is 1.22. The van der Waals surface area contributed by atoms with Gasteiger partial charge in [-0.1, -0.05) is 0 Å². The van der Waals surface area contributed by atoms with Crippen LogP contribution in [0.3, 0.4) is 0 Å². The van der Waals surface area contributed by atoms with E-state index in [1.807, 2.05) is 12.3 Å². The molecule has 2 aromatic rings. The molecular weight excluding hydrogens is 164 g/mol. The van der Waals surface area contributed by atoms with Gasteiger partial charge in [0.1, 0.15) is 6.33 Å². The van der Waals surface area contributed by atoms with Crippen LogP contribution < -0.4 is 10.6 Å². The zero-order valence-electron chi connectivity index (χ0n) is 6.91. The lowest BCUT2D eigenvalue weighted by Crippen LogP contribution is -1.98. The van der Waals surface area contributed by atoms with E-state index in [-0.39, 0.29) is 0 Å². The molecule has 0 aliphatic carbocycles. The first kappa shape index (κ1) is 6.65. The van der Waals surface area contributed by atoms with Gasteiger partial charge in [0.15, 0.2) is 0 Å². The molecular formula is C9H8N4. The molecule has 0 radical (unpaired) electrons. The molecule has 1 aromatic carbocycles. The van der Waals surface area contributed by atoms with Crippen molar-refractivity contribution in [1.82, 2.24) is 9.97 Å². The SMILES string of the molecule is c1ncc2cc3c(cc2n1)NCN3. The Labute approximate surface area is 75.0 Å². The molecule has 1 aromatic heterocycles. The van der Waals surface area contributed by atoms with Gasteiger partial charge < -0.3 is 10.6 Å². The molecule has 0 bridgehead atoms. The summed E-state index contributed by atoms with van der Waals surface area (Å²) in [4.78, 5) is 8.16. The van der Waals surface area contributed by atoms with Gasteiger partial charge in [0.2, 0.25) is 0 Å².